The van der Waals surface area contributed by atoms with Crippen molar-refractivity contribution in [3.05, 3.63) is 29.8 Å². The summed E-state index contributed by atoms with van der Waals surface area (Å²) in [6, 6.07) is 6.29. The van der Waals surface area contributed by atoms with Crippen molar-refractivity contribution >= 4 is 21.8 Å². The van der Waals surface area contributed by atoms with E-state index in [1.807, 2.05) is 6.26 Å². The van der Waals surface area contributed by atoms with E-state index in [2.05, 4.69) is 11.6 Å². The first-order chi connectivity index (χ1) is 8.86. The van der Waals surface area contributed by atoms with Gasteiger partial charge in [0, 0.05) is 11.8 Å². The molecular weight excluding hydrogens is 282 g/mol. The highest BCUT2D eigenvalue weighted by Gasteiger charge is 2.14. The number of nitrogens with one attached hydrogen (secondary N) is 1. The molecule has 0 radical (unpaired) electrons. The molecular formula is C13H21NO3S2. The van der Waals surface area contributed by atoms with Crippen LogP contribution in [0.15, 0.2) is 29.2 Å². The van der Waals surface area contributed by atoms with E-state index >= 15 is 0 Å². The van der Waals surface area contributed by atoms with Gasteiger partial charge in [-0.05, 0) is 37.3 Å². The minimum atomic E-state index is -3.45. The Kier molecular flexibility index (Phi) is 6.32. The maximum Gasteiger partial charge on any atom is 0.240 e. The van der Waals surface area contributed by atoms with Gasteiger partial charge >= 0.3 is 0 Å². The van der Waals surface area contributed by atoms with Gasteiger partial charge in [-0.3, -0.25) is 0 Å². The van der Waals surface area contributed by atoms with E-state index in [4.69, 9.17) is 0 Å². The van der Waals surface area contributed by atoms with Crippen LogP contribution >= 0.6 is 11.8 Å². The summed E-state index contributed by atoms with van der Waals surface area (Å²) in [5.74, 6) is 0. The normalized spacial score (nSPS) is 15.2. The third-order valence-corrected chi connectivity index (χ3v) is 5.44. The summed E-state index contributed by atoms with van der Waals surface area (Å²) in [5.41, 5.74) is 0.704. The van der Waals surface area contributed by atoms with Gasteiger partial charge in [0.05, 0.1) is 11.0 Å². The number of hydrogen-bond acceptors (Lipinski definition) is 4. The minimum Gasteiger partial charge on any atom is -0.389 e. The molecule has 6 heteroatoms. The zero-order valence-electron chi connectivity index (χ0n) is 11.5. The van der Waals surface area contributed by atoms with Crippen LogP contribution in [0.25, 0.3) is 0 Å². The number of aliphatic hydroxyl groups is 1. The fourth-order valence-electron chi connectivity index (χ4n) is 1.52. The lowest BCUT2D eigenvalue weighted by Gasteiger charge is -2.11. The zero-order chi connectivity index (χ0) is 14.5. The van der Waals surface area contributed by atoms with E-state index in [-0.39, 0.29) is 4.90 Å². The van der Waals surface area contributed by atoms with Crippen LogP contribution in [0.5, 0.6) is 0 Å². The zero-order valence-corrected chi connectivity index (χ0v) is 13.1. The highest BCUT2D eigenvalue weighted by atomic mass is 32.2. The van der Waals surface area contributed by atoms with Gasteiger partial charge in [0.15, 0.2) is 0 Å². The average molecular weight is 303 g/mol. The van der Waals surface area contributed by atoms with Crippen molar-refractivity contribution in [1.82, 2.24) is 4.72 Å². The fraction of sp³-hybridized carbons (Fsp3) is 0.538. The highest BCUT2D eigenvalue weighted by molar-refractivity contribution is 7.99. The minimum absolute atomic E-state index is 0.230. The van der Waals surface area contributed by atoms with Gasteiger partial charge in [0.25, 0.3) is 0 Å². The predicted molar refractivity (Wildman–Crippen MR) is 79.9 cm³/mol. The maximum atomic E-state index is 12.0. The Labute approximate surface area is 119 Å². The average Bonchev–Trinajstić information content (AvgIpc) is 2.38. The molecule has 2 atom stereocenters. The van der Waals surface area contributed by atoms with Crippen molar-refractivity contribution in [1.29, 1.82) is 0 Å². The molecule has 0 saturated carbocycles. The molecule has 0 aromatic heterocycles. The lowest BCUT2D eigenvalue weighted by molar-refractivity contribution is 0.199. The number of benzene rings is 1. The second-order valence-corrected chi connectivity index (χ2v) is 7.52. The van der Waals surface area contributed by atoms with Crippen LogP contribution < -0.4 is 4.72 Å². The van der Waals surface area contributed by atoms with Gasteiger partial charge in [0.1, 0.15) is 0 Å². The standard InChI is InChI=1S/C13H21NO3S2/c1-10(18-3)8-9-14-19(16,17)13-6-4-12(5-7-13)11(2)15/h4-7,10-11,14-15H,8-9H2,1-3H3. The van der Waals surface area contributed by atoms with Crippen molar-refractivity contribution in [2.75, 3.05) is 12.8 Å². The maximum absolute atomic E-state index is 12.0. The van der Waals surface area contributed by atoms with Crippen molar-refractivity contribution < 1.29 is 13.5 Å². The van der Waals surface area contributed by atoms with Crippen LogP contribution in [-0.2, 0) is 10.0 Å². The summed E-state index contributed by atoms with van der Waals surface area (Å²) in [7, 11) is -3.45. The Morgan fingerprint density at radius 1 is 1.26 bits per heavy atom. The largest absolute Gasteiger partial charge is 0.389 e. The van der Waals surface area contributed by atoms with Gasteiger partial charge in [-0.1, -0.05) is 19.1 Å². The second kappa shape index (κ2) is 7.28. The molecule has 0 aliphatic heterocycles. The molecule has 108 valence electrons. The van der Waals surface area contributed by atoms with Crippen LogP contribution in [0.2, 0.25) is 0 Å². The first-order valence-electron chi connectivity index (χ1n) is 6.17. The van der Waals surface area contributed by atoms with Gasteiger partial charge < -0.3 is 5.11 Å². The molecule has 0 aliphatic rings. The van der Waals surface area contributed by atoms with Gasteiger partial charge in [-0.25, -0.2) is 13.1 Å². The molecule has 4 nitrogen and oxygen atoms in total. The monoisotopic (exact) mass is 303 g/mol. The van der Waals surface area contributed by atoms with Gasteiger partial charge in [-0.15, -0.1) is 0 Å². The predicted octanol–water partition coefficient (Wildman–Crippen LogP) is 2.16. The van der Waals surface area contributed by atoms with E-state index < -0.39 is 16.1 Å². The summed E-state index contributed by atoms with van der Waals surface area (Å²) in [4.78, 5) is 0.230. The number of sulfonamides is 1. The van der Waals surface area contributed by atoms with E-state index in [1.54, 1.807) is 30.8 Å². The van der Waals surface area contributed by atoms with Crippen molar-refractivity contribution in [3.63, 3.8) is 0 Å². The molecule has 0 fully saturated rings. The first-order valence-corrected chi connectivity index (χ1v) is 8.94. The lowest BCUT2D eigenvalue weighted by atomic mass is 10.1. The third kappa shape index (κ3) is 5.14. The molecule has 0 amide bonds. The van der Waals surface area contributed by atoms with Gasteiger partial charge in [0.2, 0.25) is 10.0 Å². The van der Waals surface area contributed by atoms with Crippen LogP contribution in [0, 0.1) is 0 Å². The number of aliphatic hydroxyl groups excluding tert-OH is 1. The van der Waals surface area contributed by atoms with Crippen molar-refractivity contribution in [2.45, 2.75) is 36.5 Å². The van der Waals surface area contributed by atoms with Crippen molar-refractivity contribution in [3.8, 4) is 0 Å². The molecule has 1 rings (SSSR count). The van der Waals surface area contributed by atoms with E-state index in [0.717, 1.165) is 6.42 Å². The third-order valence-electron chi connectivity index (χ3n) is 2.92. The Balaban J connectivity index is 2.67. The molecule has 2 unspecified atom stereocenters. The quantitative estimate of drug-likeness (QED) is 0.810. The Morgan fingerprint density at radius 2 is 1.84 bits per heavy atom. The van der Waals surface area contributed by atoms with E-state index in [0.29, 0.717) is 17.4 Å². The van der Waals surface area contributed by atoms with E-state index in [9.17, 15) is 13.5 Å². The van der Waals surface area contributed by atoms with Crippen LogP contribution in [0.1, 0.15) is 31.9 Å². The topological polar surface area (TPSA) is 66.4 Å². The Morgan fingerprint density at radius 3 is 2.32 bits per heavy atom. The summed E-state index contributed by atoms with van der Waals surface area (Å²) >= 11 is 1.71. The summed E-state index contributed by atoms with van der Waals surface area (Å²) in [6.07, 6.45) is 2.22. The number of rotatable bonds is 7. The van der Waals surface area contributed by atoms with Crippen LogP contribution in [0.4, 0.5) is 0 Å². The molecule has 2 N–H and O–H groups in total. The fourth-order valence-corrected chi connectivity index (χ4v) is 2.92. The molecule has 0 spiro atoms. The van der Waals surface area contributed by atoms with Crippen molar-refractivity contribution in [2.24, 2.45) is 0 Å². The second-order valence-electron chi connectivity index (χ2n) is 4.48. The smallest absolute Gasteiger partial charge is 0.240 e. The molecule has 19 heavy (non-hydrogen) atoms. The Bertz CT molecular complexity index is 483. The SMILES string of the molecule is CSC(C)CCNS(=O)(=O)c1ccc(C(C)O)cc1. The molecule has 1 aromatic rings. The van der Waals surface area contributed by atoms with E-state index in [1.165, 1.54) is 12.1 Å². The number of hydrogen-bond donors (Lipinski definition) is 2. The molecule has 0 saturated heterocycles. The molecule has 1 aromatic carbocycles. The Hall–Kier alpha value is -0.560. The van der Waals surface area contributed by atoms with Gasteiger partial charge in [-0.2, -0.15) is 11.8 Å². The van der Waals surface area contributed by atoms with Crippen LogP contribution in [0.3, 0.4) is 0 Å². The summed E-state index contributed by atoms with van der Waals surface area (Å²) in [5, 5.41) is 9.81. The summed E-state index contributed by atoms with van der Waals surface area (Å²) in [6.45, 7) is 4.14. The number of thioether (sulfide) groups is 1. The molecule has 0 aliphatic carbocycles. The molecule has 0 heterocycles. The van der Waals surface area contributed by atoms with Crippen LogP contribution in [-0.4, -0.2) is 31.6 Å². The first kappa shape index (κ1) is 16.5. The highest BCUT2D eigenvalue weighted by Crippen LogP contribution is 2.16. The molecule has 0 bridgehead atoms. The summed E-state index contributed by atoms with van der Waals surface area (Å²) < 4.78 is 26.6. The lowest BCUT2D eigenvalue weighted by Crippen LogP contribution is -2.26.